The number of morpholine rings is 1. The van der Waals surface area contributed by atoms with E-state index in [4.69, 9.17) is 9.47 Å². The summed E-state index contributed by atoms with van der Waals surface area (Å²) >= 11 is 0. The number of methoxy groups -OCH3 is 1. The standard InChI is InChI=1S/C12H23NO3/c1-8(2)11(12(14)15-5)13-6-9(3)16-10(4)7-13/h8-11H,6-7H2,1-5H3/t9-,10-,11+/m0/s1. The number of rotatable bonds is 3. The summed E-state index contributed by atoms with van der Waals surface area (Å²) in [5.41, 5.74) is 0. The van der Waals surface area contributed by atoms with Crippen LogP contribution >= 0.6 is 0 Å². The lowest BCUT2D eigenvalue weighted by Gasteiger charge is -2.40. The maximum absolute atomic E-state index is 11.8. The first-order valence-electron chi connectivity index (χ1n) is 5.93. The van der Waals surface area contributed by atoms with Gasteiger partial charge in [0.05, 0.1) is 19.3 Å². The van der Waals surface area contributed by atoms with Crippen LogP contribution in [-0.2, 0) is 14.3 Å². The molecule has 0 aromatic heterocycles. The molecule has 0 bridgehead atoms. The third-order valence-corrected chi connectivity index (χ3v) is 2.92. The van der Waals surface area contributed by atoms with Gasteiger partial charge in [-0.25, -0.2) is 0 Å². The van der Waals surface area contributed by atoms with Gasteiger partial charge in [-0.05, 0) is 19.8 Å². The average Bonchev–Trinajstić information content (AvgIpc) is 2.15. The Labute approximate surface area is 97.9 Å². The fraction of sp³-hybridized carbons (Fsp3) is 0.917. The number of carbonyl (C=O) groups is 1. The fourth-order valence-corrected chi connectivity index (χ4v) is 2.41. The molecular weight excluding hydrogens is 206 g/mol. The largest absolute Gasteiger partial charge is 0.468 e. The highest BCUT2D eigenvalue weighted by Crippen LogP contribution is 2.19. The molecule has 0 amide bonds. The Morgan fingerprint density at radius 1 is 1.31 bits per heavy atom. The van der Waals surface area contributed by atoms with Gasteiger partial charge in [-0.1, -0.05) is 13.8 Å². The third kappa shape index (κ3) is 3.19. The normalized spacial score (nSPS) is 29.1. The van der Waals surface area contributed by atoms with Crippen molar-refractivity contribution in [3.8, 4) is 0 Å². The molecule has 4 nitrogen and oxygen atoms in total. The van der Waals surface area contributed by atoms with Crippen molar-refractivity contribution in [1.82, 2.24) is 4.90 Å². The summed E-state index contributed by atoms with van der Waals surface area (Å²) in [6, 6.07) is -0.154. The Balaban J connectivity index is 2.74. The van der Waals surface area contributed by atoms with E-state index in [9.17, 15) is 4.79 Å². The Bertz CT molecular complexity index is 232. The van der Waals surface area contributed by atoms with Gasteiger partial charge in [0, 0.05) is 13.1 Å². The fourth-order valence-electron chi connectivity index (χ4n) is 2.41. The maximum Gasteiger partial charge on any atom is 0.323 e. The van der Waals surface area contributed by atoms with Crippen molar-refractivity contribution < 1.29 is 14.3 Å². The molecule has 0 saturated carbocycles. The summed E-state index contributed by atoms with van der Waals surface area (Å²) in [5.74, 6) is 0.112. The van der Waals surface area contributed by atoms with Crippen LogP contribution < -0.4 is 0 Å². The van der Waals surface area contributed by atoms with Crippen molar-refractivity contribution in [3.63, 3.8) is 0 Å². The third-order valence-electron chi connectivity index (χ3n) is 2.92. The van der Waals surface area contributed by atoms with Gasteiger partial charge >= 0.3 is 5.97 Å². The van der Waals surface area contributed by atoms with Crippen molar-refractivity contribution in [1.29, 1.82) is 0 Å². The van der Waals surface area contributed by atoms with Crippen molar-refractivity contribution in [2.45, 2.75) is 45.9 Å². The lowest BCUT2D eigenvalue weighted by molar-refractivity contribution is -0.155. The van der Waals surface area contributed by atoms with Crippen molar-refractivity contribution in [3.05, 3.63) is 0 Å². The molecule has 0 N–H and O–H groups in total. The highest BCUT2D eigenvalue weighted by atomic mass is 16.5. The highest BCUT2D eigenvalue weighted by molar-refractivity contribution is 5.76. The molecule has 94 valence electrons. The van der Waals surface area contributed by atoms with Gasteiger partial charge < -0.3 is 9.47 Å². The molecule has 1 fully saturated rings. The molecule has 0 unspecified atom stereocenters. The van der Waals surface area contributed by atoms with Crippen LogP contribution in [0.5, 0.6) is 0 Å². The first-order valence-corrected chi connectivity index (χ1v) is 5.93. The number of carbonyl (C=O) groups excluding carboxylic acids is 1. The summed E-state index contributed by atoms with van der Waals surface area (Å²) in [7, 11) is 1.45. The molecule has 1 saturated heterocycles. The second-order valence-electron chi connectivity index (χ2n) is 4.92. The van der Waals surface area contributed by atoms with Crippen LogP contribution in [0.2, 0.25) is 0 Å². The minimum Gasteiger partial charge on any atom is -0.468 e. The maximum atomic E-state index is 11.8. The first kappa shape index (κ1) is 13.5. The first-order chi connectivity index (χ1) is 7.45. The molecule has 0 spiro atoms. The zero-order chi connectivity index (χ0) is 12.3. The van der Waals surface area contributed by atoms with E-state index in [1.165, 1.54) is 7.11 Å². The van der Waals surface area contributed by atoms with Gasteiger partial charge in [-0.15, -0.1) is 0 Å². The second kappa shape index (κ2) is 5.64. The van der Waals surface area contributed by atoms with Crippen molar-refractivity contribution in [2.24, 2.45) is 5.92 Å². The van der Waals surface area contributed by atoms with Gasteiger partial charge in [0.2, 0.25) is 0 Å². The molecule has 1 aliphatic rings. The summed E-state index contributed by atoms with van der Waals surface area (Å²) in [5, 5.41) is 0. The van der Waals surface area contributed by atoms with E-state index in [1.807, 2.05) is 27.7 Å². The van der Waals surface area contributed by atoms with Gasteiger partial charge in [0.1, 0.15) is 6.04 Å². The zero-order valence-electron chi connectivity index (χ0n) is 10.9. The molecule has 0 radical (unpaired) electrons. The minimum absolute atomic E-state index is 0.142. The van der Waals surface area contributed by atoms with Gasteiger partial charge in [-0.3, -0.25) is 9.69 Å². The number of nitrogens with zero attached hydrogens (tertiary/aromatic N) is 1. The topological polar surface area (TPSA) is 38.8 Å². The van der Waals surface area contributed by atoms with Crippen LogP contribution in [0.1, 0.15) is 27.7 Å². The number of hydrogen-bond donors (Lipinski definition) is 0. The average molecular weight is 229 g/mol. The summed E-state index contributed by atoms with van der Waals surface area (Å²) in [6.45, 7) is 9.76. The highest BCUT2D eigenvalue weighted by Gasteiger charge is 2.34. The van der Waals surface area contributed by atoms with Crippen LogP contribution in [0, 0.1) is 5.92 Å². The lowest BCUT2D eigenvalue weighted by Crippen LogP contribution is -2.54. The van der Waals surface area contributed by atoms with Gasteiger partial charge in [-0.2, -0.15) is 0 Å². The SMILES string of the molecule is COC(=O)[C@@H](C(C)C)N1C[C@H](C)O[C@@H](C)C1. The second-order valence-corrected chi connectivity index (χ2v) is 4.92. The molecule has 1 heterocycles. The molecule has 1 aliphatic heterocycles. The Morgan fingerprint density at radius 2 is 1.81 bits per heavy atom. The predicted molar refractivity (Wildman–Crippen MR) is 62.2 cm³/mol. The summed E-state index contributed by atoms with van der Waals surface area (Å²) in [6.07, 6.45) is 0.351. The Hall–Kier alpha value is -0.610. The molecular formula is C12H23NO3. The number of hydrogen-bond acceptors (Lipinski definition) is 4. The molecule has 0 aliphatic carbocycles. The summed E-state index contributed by atoms with van der Waals surface area (Å²) < 4.78 is 10.5. The van der Waals surface area contributed by atoms with E-state index in [0.717, 1.165) is 13.1 Å². The van der Waals surface area contributed by atoms with Crippen molar-refractivity contribution in [2.75, 3.05) is 20.2 Å². The Kier molecular flexibility index (Phi) is 4.74. The molecule has 3 atom stereocenters. The number of ether oxygens (including phenoxy) is 2. The van der Waals surface area contributed by atoms with Crippen LogP contribution in [0.4, 0.5) is 0 Å². The van der Waals surface area contributed by atoms with E-state index in [-0.39, 0.29) is 30.1 Å². The lowest BCUT2D eigenvalue weighted by atomic mass is 10.0. The summed E-state index contributed by atoms with van der Waals surface area (Å²) in [4.78, 5) is 13.9. The molecule has 1 rings (SSSR count). The smallest absolute Gasteiger partial charge is 0.323 e. The molecule has 0 aromatic rings. The van der Waals surface area contributed by atoms with Crippen LogP contribution in [0.15, 0.2) is 0 Å². The Morgan fingerprint density at radius 3 is 2.19 bits per heavy atom. The van der Waals surface area contributed by atoms with E-state index in [0.29, 0.717) is 0 Å². The molecule has 16 heavy (non-hydrogen) atoms. The quantitative estimate of drug-likeness (QED) is 0.684. The molecule has 0 aromatic carbocycles. The monoisotopic (exact) mass is 229 g/mol. The van der Waals surface area contributed by atoms with Crippen LogP contribution in [0.25, 0.3) is 0 Å². The minimum atomic E-state index is -0.154. The number of esters is 1. The van der Waals surface area contributed by atoms with Crippen molar-refractivity contribution >= 4 is 5.97 Å². The molecule has 4 heteroatoms. The van der Waals surface area contributed by atoms with Gasteiger partial charge in [0.15, 0.2) is 0 Å². The van der Waals surface area contributed by atoms with Crippen LogP contribution in [-0.4, -0.2) is 49.3 Å². The van der Waals surface area contributed by atoms with E-state index < -0.39 is 0 Å². The van der Waals surface area contributed by atoms with E-state index in [2.05, 4.69) is 4.90 Å². The van der Waals surface area contributed by atoms with E-state index >= 15 is 0 Å². The zero-order valence-corrected chi connectivity index (χ0v) is 10.9. The van der Waals surface area contributed by atoms with Crippen LogP contribution in [0.3, 0.4) is 0 Å². The predicted octanol–water partition coefficient (Wildman–Crippen LogP) is 1.29. The van der Waals surface area contributed by atoms with E-state index in [1.54, 1.807) is 0 Å². The van der Waals surface area contributed by atoms with Gasteiger partial charge in [0.25, 0.3) is 0 Å².